The van der Waals surface area contributed by atoms with Crippen LogP contribution in [0.3, 0.4) is 0 Å². The van der Waals surface area contributed by atoms with Gasteiger partial charge in [0.05, 0.1) is 18.9 Å². The second-order valence-electron chi connectivity index (χ2n) is 9.46. The molecule has 0 radical (unpaired) electrons. The number of hydrogen-bond donors (Lipinski definition) is 3. The quantitative estimate of drug-likeness (QED) is 0.629. The summed E-state index contributed by atoms with van der Waals surface area (Å²) in [4.78, 5) is 24.8. The normalized spacial score (nSPS) is 34.6. The molecule has 2 fully saturated rings. The molecule has 0 aliphatic heterocycles. The van der Waals surface area contributed by atoms with Crippen molar-refractivity contribution >= 4 is 11.8 Å². The molecule has 2 aliphatic rings. The summed E-state index contributed by atoms with van der Waals surface area (Å²) >= 11 is 0. The maximum absolute atomic E-state index is 12.8. The van der Waals surface area contributed by atoms with E-state index in [1.807, 2.05) is 13.0 Å². The Labute approximate surface area is 178 Å². The van der Waals surface area contributed by atoms with Gasteiger partial charge in [-0.05, 0) is 61.0 Å². The minimum atomic E-state index is -0.578. The number of amides is 2. The lowest BCUT2D eigenvalue weighted by molar-refractivity contribution is -0.144. The fourth-order valence-corrected chi connectivity index (χ4v) is 5.82. The summed E-state index contributed by atoms with van der Waals surface area (Å²) in [5, 5.41) is 17.4. The van der Waals surface area contributed by atoms with Gasteiger partial charge < -0.3 is 24.9 Å². The fourth-order valence-electron chi connectivity index (χ4n) is 5.82. The van der Waals surface area contributed by atoms with Gasteiger partial charge in [-0.1, -0.05) is 20.8 Å². The van der Waals surface area contributed by atoms with Crippen LogP contribution in [0.5, 0.6) is 0 Å². The molecule has 2 amide bonds. The van der Waals surface area contributed by atoms with E-state index in [1.165, 1.54) is 7.11 Å². The molecule has 30 heavy (non-hydrogen) atoms. The van der Waals surface area contributed by atoms with Gasteiger partial charge in [0, 0.05) is 19.1 Å². The zero-order chi connectivity index (χ0) is 21.9. The monoisotopic (exact) mass is 420 g/mol. The first-order valence-corrected chi connectivity index (χ1v) is 11.0. The Hall–Kier alpha value is -1.86. The molecular formula is C23H36N2O5. The van der Waals surface area contributed by atoms with Gasteiger partial charge in [-0.15, -0.1) is 0 Å². The standard InChI is InChI=1S/C23H36N2O5/c1-14(22(28)24-12-16-6-5-11-30-16)17-7-9-23(3)10-8-18(25-19(26)13-29-4)15(2)20(23)21(17)27/h5-6,11,14-15,17-18,20-21,27H,7-10,12-13H2,1-4H3,(H,24,28)(H,25,26)/t14-,15-,17+,18-,20+,21-,23+/m0/s1. The van der Waals surface area contributed by atoms with Crippen molar-refractivity contribution in [1.82, 2.24) is 10.6 Å². The summed E-state index contributed by atoms with van der Waals surface area (Å²) in [5.41, 5.74) is 0.0299. The Morgan fingerprint density at radius 2 is 2.10 bits per heavy atom. The Morgan fingerprint density at radius 1 is 1.37 bits per heavy atom. The van der Waals surface area contributed by atoms with Crippen LogP contribution < -0.4 is 10.6 Å². The molecule has 0 unspecified atom stereocenters. The van der Waals surface area contributed by atoms with E-state index in [0.29, 0.717) is 12.3 Å². The molecule has 3 N–H and O–H groups in total. The number of carbonyl (C=O) groups is 2. The molecule has 2 aliphatic carbocycles. The maximum atomic E-state index is 12.8. The van der Waals surface area contributed by atoms with Crippen molar-refractivity contribution in [2.24, 2.45) is 29.1 Å². The van der Waals surface area contributed by atoms with E-state index in [9.17, 15) is 14.7 Å². The van der Waals surface area contributed by atoms with E-state index >= 15 is 0 Å². The SMILES string of the molecule is COCC(=O)N[C@H]1CC[C@@]2(C)CC[C@H]([C@H](C)C(=O)NCc3ccco3)[C@H](O)[C@H]2[C@H]1C. The van der Waals surface area contributed by atoms with Crippen LogP contribution in [0.2, 0.25) is 0 Å². The summed E-state index contributed by atoms with van der Waals surface area (Å²) < 4.78 is 10.2. The molecule has 7 atom stereocenters. The number of fused-ring (bicyclic) bond motifs is 1. The zero-order valence-electron chi connectivity index (χ0n) is 18.5. The largest absolute Gasteiger partial charge is 0.467 e. The van der Waals surface area contributed by atoms with E-state index in [-0.39, 0.29) is 53.5 Å². The molecule has 0 saturated heterocycles. The highest BCUT2D eigenvalue weighted by molar-refractivity contribution is 5.78. The Morgan fingerprint density at radius 3 is 2.77 bits per heavy atom. The van der Waals surface area contributed by atoms with Gasteiger partial charge in [0.1, 0.15) is 12.4 Å². The van der Waals surface area contributed by atoms with Crippen LogP contribution in [0.1, 0.15) is 52.2 Å². The fraction of sp³-hybridized carbons (Fsp3) is 0.739. The highest BCUT2D eigenvalue weighted by Crippen LogP contribution is 2.55. The van der Waals surface area contributed by atoms with Gasteiger partial charge in [-0.3, -0.25) is 9.59 Å². The van der Waals surface area contributed by atoms with E-state index in [1.54, 1.807) is 12.3 Å². The predicted octanol–water partition coefficient (Wildman–Crippen LogP) is 2.49. The van der Waals surface area contributed by atoms with Crippen LogP contribution in [0, 0.1) is 29.1 Å². The number of hydrogen-bond acceptors (Lipinski definition) is 5. The lowest BCUT2D eigenvalue weighted by Gasteiger charge is -2.56. The zero-order valence-corrected chi connectivity index (χ0v) is 18.5. The predicted molar refractivity (Wildman–Crippen MR) is 112 cm³/mol. The highest BCUT2D eigenvalue weighted by Gasteiger charge is 2.53. The molecule has 2 saturated carbocycles. The second-order valence-corrected chi connectivity index (χ2v) is 9.46. The number of aliphatic hydroxyl groups excluding tert-OH is 1. The van der Waals surface area contributed by atoms with E-state index in [2.05, 4.69) is 24.5 Å². The first kappa shape index (κ1) is 22.8. The van der Waals surface area contributed by atoms with Crippen molar-refractivity contribution in [3.8, 4) is 0 Å². The highest BCUT2D eigenvalue weighted by atomic mass is 16.5. The van der Waals surface area contributed by atoms with Gasteiger partial charge >= 0.3 is 0 Å². The number of nitrogens with one attached hydrogen (secondary N) is 2. The van der Waals surface area contributed by atoms with Crippen molar-refractivity contribution in [2.75, 3.05) is 13.7 Å². The summed E-state index contributed by atoms with van der Waals surface area (Å²) in [5.74, 6) is 0.297. The molecule has 1 aromatic heterocycles. The number of furan rings is 1. The third kappa shape index (κ3) is 4.72. The topological polar surface area (TPSA) is 101 Å². The van der Waals surface area contributed by atoms with Gasteiger partial charge in [0.25, 0.3) is 0 Å². The summed E-state index contributed by atoms with van der Waals surface area (Å²) in [7, 11) is 1.51. The molecule has 0 bridgehead atoms. The van der Waals surface area contributed by atoms with Crippen LogP contribution in [0.15, 0.2) is 22.8 Å². The van der Waals surface area contributed by atoms with Gasteiger partial charge in [-0.2, -0.15) is 0 Å². The maximum Gasteiger partial charge on any atom is 0.246 e. The van der Waals surface area contributed by atoms with Crippen molar-refractivity contribution in [2.45, 2.75) is 65.1 Å². The van der Waals surface area contributed by atoms with E-state index in [4.69, 9.17) is 9.15 Å². The van der Waals surface area contributed by atoms with Crippen LogP contribution >= 0.6 is 0 Å². The lowest BCUT2D eigenvalue weighted by atomic mass is 9.51. The van der Waals surface area contributed by atoms with Gasteiger partial charge in [-0.25, -0.2) is 0 Å². The van der Waals surface area contributed by atoms with Crippen LogP contribution in [-0.2, 0) is 20.9 Å². The van der Waals surface area contributed by atoms with Crippen LogP contribution in [0.25, 0.3) is 0 Å². The van der Waals surface area contributed by atoms with Crippen LogP contribution in [-0.4, -0.2) is 42.8 Å². The molecule has 3 rings (SSSR count). The van der Waals surface area contributed by atoms with E-state index < -0.39 is 6.10 Å². The van der Waals surface area contributed by atoms with Crippen molar-refractivity contribution in [3.63, 3.8) is 0 Å². The van der Waals surface area contributed by atoms with Crippen molar-refractivity contribution < 1.29 is 23.8 Å². The van der Waals surface area contributed by atoms with Gasteiger partial charge in [0.2, 0.25) is 11.8 Å². The average Bonchev–Trinajstić information content (AvgIpc) is 3.22. The summed E-state index contributed by atoms with van der Waals surface area (Å²) in [6.07, 6.45) is 4.69. The third-order valence-corrected chi connectivity index (χ3v) is 7.58. The number of rotatable bonds is 7. The molecule has 7 nitrogen and oxygen atoms in total. The molecule has 7 heteroatoms. The third-order valence-electron chi connectivity index (χ3n) is 7.58. The molecular weight excluding hydrogens is 384 g/mol. The molecule has 1 aromatic rings. The Kier molecular flexibility index (Phi) is 7.24. The smallest absolute Gasteiger partial charge is 0.246 e. The summed E-state index contributed by atoms with van der Waals surface area (Å²) in [6.45, 7) is 6.67. The Balaban J connectivity index is 1.66. The molecule has 168 valence electrons. The van der Waals surface area contributed by atoms with Crippen molar-refractivity contribution in [3.05, 3.63) is 24.2 Å². The average molecular weight is 421 g/mol. The minimum absolute atomic E-state index is 0.0159. The second kappa shape index (κ2) is 9.52. The van der Waals surface area contributed by atoms with E-state index in [0.717, 1.165) is 25.7 Å². The van der Waals surface area contributed by atoms with Gasteiger partial charge in [0.15, 0.2) is 0 Å². The molecule has 0 spiro atoms. The lowest BCUT2D eigenvalue weighted by Crippen LogP contribution is -2.58. The first-order valence-electron chi connectivity index (χ1n) is 11.0. The molecule has 0 aromatic carbocycles. The minimum Gasteiger partial charge on any atom is -0.467 e. The number of aliphatic hydroxyl groups is 1. The first-order chi connectivity index (χ1) is 14.3. The number of ether oxygens (including phenoxy) is 1. The van der Waals surface area contributed by atoms with Crippen LogP contribution in [0.4, 0.5) is 0 Å². The summed E-state index contributed by atoms with van der Waals surface area (Å²) in [6, 6.07) is 3.64. The number of methoxy groups -OCH3 is 1. The Bertz CT molecular complexity index is 721. The molecule has 1 heterocycles. The van der Waals surface area contributed by atoms with Crippen molar-refractivity contribution in [1.29, 1.82) is 0 Å². The number of carbonyl (C=O) groups excluding carboxylic acids is 2.